The smallest absolute Gasteiger partial charge is 0.133 e. The molecule has 0 unspecified atom stereocenters. The highest BCUT2D eigenvalue weighted by Crippen LogP contribution is 2.18. The third-order valence-corrected chi connectivity index (χ3v) is 3.63. The molecule has 2 rings (SSSR count). The van der Waals surface area contributed by atoms with Gasteiger partial charge in [-0.2, -0.15) is 5.10 Å². The molecule has 0 aliphatic rings. The van der Waals surface area contributed by atoms with Crippen LogP contribution in [0, 0.1) is 5.21 Å². The molecule has 0 saturated carbocycles. The third-order valence-electron chi connectivity index (χ3n) is 2.99. The molecule has 0 radical (unpaired) electrons. The quantitative estimate of drug-likeness (QED) is 0.626. The predicted molar refractivity (Wildman–Crippen MR) is 93.9 cm³/mol. The second kappa shape index (κ2) is 7.26. The maximum atomic E-state index is 10.7. The van der Waals surface area contributed by atoms with Gasteiger partial charge < -0.3 is 15.3 Å². The normalized spacial score (nSPS) is 11.2. The zero-order chi connectivity index (χ0) is 16.1. The highest BCUT2D eigenvalue weighted by molar-refractivity contribution is 9.18. The lowest BCUT2D eigenvalue weighted by molar-refractivity contribution is 0.296. The van der Waals surface area contributed by atoms with E-state index in [1.165, 1.54) is 12.1 Å². The van der Waals surface area contributed by atoms with E-state index in [1.807, 2.05) is 43.3 Å². The van der Waals surface area contributed by atoms with E-state index in [1.54, 1.807) is 12.1 Å². The van der Waals surface area contributed by atoms with Crippen molar-refractivity contribution in [3.63, 3.8) is 0 Å². The molecular formula is C15H16BrN4O2-. The summed E-state index contributed by atoms with van der Waals surface area (Å²) in [5.74, 6) is 0. The summed E-state index contributed by atoms with van der Waals surface area (Å²) in [4.78, 5) is 2.02. The number of hydrazone groups is 1. The standard InChI is InChI=1S/C15H16BrN4O2/c1-19(2)13-7-3-11(4-8-13)15(16)18-17-12-5-9-14(10-6-12)20(21)22/h3-10,17,21H,1-2H3/q-1. The molecule has 0 amide bonds. The molecule has 0 atom stereocenters. The lowest BCUT2D eigenvalue weighted by Gasteiger charge is -2.21. The Labute approximate surface area is 137 Å². The van der Waals surface area contributed by atoms with Crippen LogP contribution in [0.3, 0.4) is 0 Å². The summed E-state index contributed by atoms with van der Waals surface area (Å²) in [5, 5.41) is 23.5. The monoisotopic (exact) mass is 363 g/mol. The molecule has 116 valence electrons. The van der Waals surface area contributed by atoms with Crippen LogP contribution < -0.4 is 15.6 Å². The van der Waals surface area contributed by atoms with Crippen LogP contribution in [0.1, 0.15) is 5.56 Å². The van der Waals surface area contributed by atoms with Gasteiger partial charge in [0.2, 0.25) is 0 Å². The maximum absolute atomic E-state index is 10.7. The number of nitrogens with one attached hydrogen (secondary N) is 1. The predicted octanol–water partition coefficient (Wildman–Crippen LogP) is 3.61. The molecule has 0 bridgehead atoms. The first kappa shape index (κ1) is 16.3. The zero-order valence-electron chi connectivity index (χ0n) is 12.2. The molecule has 0 heterocycles. The van der Waals surface area contributed by atoms with Gasteiger partial charge in [0.25, 0.3) is 0 Å². The van der Waals surface area contributed by atoms with E-state index in [0.717, 1.165) is 11.3 Å². The van der Waals surface area contributed by atoms with Gasteiger partial charge in [0.15, 0.2) is 0 Å². The van der Waals surface area contributed by atoms with Crippen molar-refractivity contribution >= 4 is 37.6 Å². The fourth-order valence-electron chi connectivity index (χ4n) is 1.74. The van der Waals surface area contributed by atoms with E-state index in [2.05, 4.69) is 26.5 Å². The topological polar surface area (TPSA) is 74.2 Å². The second-order valence-electron chi connectivity index (χ2n) is 4.78. The van der Waals surface area contributed by atoms with Crippen LogP contribution in [0.2, 0.25) is 0 Å². The molecule has 0 spiro atoms. The minimum atomic E-state index is -0.185. The van der Waals surface area contributed by atoms with Crippen molar-refractivity contribution in [3.05, 3.63) is 59.3 Å². The van der Waals surface area contributed by atoms with Gasteiger partial charge >= 0.3 is 0 Å². The van der Waals surface area contributed by atoms with Crippen molar-refractivity contribution in [2.75, 3.05) is 29.6 Å². The Hall–Kier alpha value is -2.09. The summed E-state index contributed by atoms with van der Waals surface area (Å²) in [6.45, 7) is 0. The van der Waals surface area contributed by atoms with Crippen LogP contribution in [0.15, 0.2) is 53.6 Å². The van der Waals surface area contributed by atoms with Crippen molar-refractivity contribution in [1.82, 2.24) is 0 Å². The fraction of sp³-hybridized carbons (Fsp3) is 0.133. The lowest BCUT2D eigenvalue weighted by atomic mass is 10.2. The summed E-state index contributed by atoms with van der Waals surface area (Å²) in [6.07, 6.45) is 0. The first-order valence-electron chi connectivity index (χ1n) is 6.50. The van der Waals surface area contributed by atoms with Gasteiger partial charge in [-0.3, -0.25) is 10.6 Å². The first-order valence-corrected chi connectivity index (χ1v) is 7.30. The molecule has 0 aliphatic carbocycles. The summed E-state index contributed by atoms with van der Waals surface area (Å²) in [5.41, 5.74) is 5.79. The highest BCUT2D eigenvalue weighted by atomic mass is 79.9. The van der Waals surface area contributed by atoms with Gasteiger partial charge in [-0.05, 0) is 52.3 Å². The number of hydrogen-bond donors (Lipinski definition) is 2. The summed E-state index contributed by atoms with van der Waals surface area (Å²) >= 11 is 3.42. The Morgan fingerprint density at radius 1 is 1.05 bits per heavy atom. The zero-order valence-corrected chi connectivity index (χ0v) is 13.8. The van der Waals surface area contributed by atoms with Crippen molar-refractivity contribution < 1.29 is 5.21 Å². The molecule has 2 aromatic carbocycles. The molecule has 0 saturated heterocycles. The lowest BCUT2D eigenvalue weighted by Crippen LogP contribution is -2.08. The van der Waals surface area contributed by atoms with Gasteiger partial charge in [-0.15, -0.1) is 0 Å². The van der Waals surface area contributed by atoms with Gasteiger partial charge in [0.1, 0.15) is 4.62 Å². The fourth-order valence-corrected chi connectivity index (χ4v) is 2.09. The van der Waals surface area contributed by atoms with Gasteiger partial charge in [-0.1, -0.05) is 12.1 Å². The van der Waals surface area contributed by atoms with Gasteiger partial charge in [0, 0.05) is 25.3 Å². The molecule has 6 nitrogen and oxygen atoms in total. The number of anilines is 3. The van der Waals surface area contributed by atoms with Crippen molar-refractivity contribution in [2.45, 2.75) is 0 Å². The molecule has 2 aromatic rings. The Bertz CT molecular complexity index is 640. The number of hydrogen-bond acceptors (Lipinski definition) is 6. The summed E-state index contributed by atoms with van der Waals surface area (Å²) < 4.78 is 0.662. The SMILES string of the molecule is CN(C)c1ccc(C(Br)=NNc2ccc(N([O-])O)cc2)cc1. The Balaban J connectivity index is 2.05. The van der Waals surface area contributed by atoms with E-state index in [-0.39, 0.29) is 10.9 Å². The van der Waals surface area contributed by atoms with Gasteiger partial charge in [0.05, 0.1) is 11.4 Å². The Morgan fingerprint density at radius 2 is 1.59 bits per heavy atom. The van der Waals surface area contributed by atoms with Crippen LogP contribution in [0.4, 0.5) is 17.1 Å². The van der Waals surface area contributed by atoms with Crippen molar-refractivity contribution in [3.8, 4) is 0 Å². The van der Waals surface area contributed by atoms with E-state index >= 15 is 0 Å². The maximum Gasteiger partial charge on any atom is 0.133 e. The van der Waals surface area contributed by atoms with E-state index < -0.39 is 0 Å². The number of halogens is 1. The second-order valence-corrected chi connectivity index (χ2v) is 5.53. The van der Waals surface area contributed by atoms with Crippen LogP contribution in [-0.4, -0.2) is 23.9 Å². The first-order chi connectivity index (χ1) is 10.5. The number of rotatable bonds is 5. The molecule has 7 heteroatoms. The van der Waals surface area contributed by atoms with Crippen molar-refractivity contribution in [2.24, 2.45) is 5.10 Å². The molecular weight excluding hydrogens is 348 g/mol. The van der Waals surface area contributed by atoms with Crippen LogP contribution in [-0.2, 0) is 0 Å². The molecule has 22 heavy (non-hydrogen) atoms. The minimum Gasteiger partial charge on any atom is -0.733 e. The molecule has 0 aromatic heterocycles. The van der Waals surface area contributed by atoms with Crippen molar-refractivity contribution in [1.29, 1.82) is 0 Å². The van der Waals surface area contributed by atoms with E-state index in [4.69, 9.17) is 5.21 Å². The molecule has 0 fully saturated rings. The van der Waals surface area contributed by atoms with E-state index in [0.29, 0.717) is 10.3 Å². The highest BCUT2D eigenvalue weighted by Gasteiger charge is 2.01. The van der Waals surface area contributed by atoms with E-state index in [9.17, 15) is 5.21 Å². The third kappa shape index (κ3) is 4.20. The van der Waals surface area contributed by atoms with Crippen LogP contribution >= 0.6 is 15.9 Å². The number of nitrogens with zero attached hydrogens (tertiary/aromatic N) is 3. The summed E-state index contributed by atoms with van der Waals surface area (Å²) in [7, 11) is 3.97. The Morgan fingerprint density at radius 3 is 2.09 bits per heavy atom. The van der Waals surface area contributed by atoms with Crippen LogP contribution in [0.25, 0.3) is 0 Å². The molecule has 0 aliphatic heterocycles. The number of benzene rings is 2. The average molecular weight is 364 g/mol. The van der Waals surface area contributed by atoms with Gasteiger partial charge in [-0.25, -0.2) is 0 Å². The largest absolute Gasteiger partial charge is 0.733 e. The van der Waals surface area contributed by atoms with Crippen LogP contribution in [0.5, 0.6) is 0 Å². The summed E-state index contributed by atoms with van der Waals surface area (Å²) in [6, 6.07) is 14.2. The Kier molecular flexibility index (Phi) is 5.37. The average Bonchev–Trinajstić information content (AvgIpc) is 2.53. The minimum absolute atomic E-state index is 0.160. The molecule has 2 N–H and O–H groups in total.